The average Bonchev–Trinajstić information content (AvgIpc) is 2.98. The maximum Gasteiger partial charge on any atom is 0.230 e. The van der Waals surface area contributed by atoms with Crippen LogP contribution in [0.4, 0.5) is 10.8 Å². The van der Waals surface area contributed by atoms with E-state index >= 15 is 0 Å². The largest absolute Gasteiger partial charge is 0.355 e. The van der Waals surface area contributed by atoms with Gasteiger partial charge in [0.15, 0.2) is 4.34 Å². The number of hydrogen-bond donors (Lipinski definition) is 2. The Kier molecular flexibility index (Phi) is 7.18. The molecule has 1 amide bonds. The van der Waals surface area contributed by atoms with Gasteiger partial charge in [-0.1, -0.05) is 61.1 Å². The highest BCUT2D eigenvalue weighted by Crippen LogP contribution is 2.27. The van der Waals surface area contributed by atoms with Crippen LogP contribution in [0, 0.1) is 0 Å². The van der Waals surface area contributed by atoms with Crippen molar-refractivity contribution >= 4 is 39.8 Å². The van der Waals surface area contributed by atoms with Crippen LogP contribution < -0.4 is 10.6 Å². The fourth-order valence-electron chi connectivity index (χ4n) is 1.74. The zero-order valence-corrected chi connectivity index (χ0v) is 14.2. The van der Waals surface area contributed by atoms with E-state index < -0.39 is 0 Å². The van der Waals surface area contributed by atoms with Gasteiger partial charge in [0.1, 0.15) is 0 Å². The number of aromatic nitrogens is 2. The number of para-hydroxylation sites is 1. The van der Waals surface area contributed by atoms with Crippen LogP contribution in [0.5, 0.6) is 0 Å². The molecule has 5 nitrogen and oxygen atoms in total. The van der Waals surface area contributed by atoms with Gasteiger partial charge in [-0.3, -0.25) is 4.79 Å². The van der Waals surface area contributed by atoms with Crippen LogP contribution in [-0.4, -0.2) is 28.4 Å². The van der Waals surface area contributed by atoms with Gasteiger partial charge in [-0.2, -0.15) is 0 Å². The van der Waals surface area contributed by atoms with Crippen molar-refractivity contribution in [3.8, 4) is 0 Å². The molecule has 0 spiro atoms. The van der Waals surface area contributed by atoms with Gasteiger partial charge < -0.3 is 10.6 Å². The number of rotatable bonds is 9. The van der Waals surface area contributed by atoms with Crippen molar-refractivity contribution in [1.29, 1.82) is 0 Å². The second kappa shape index (κ2) is 9.42. The third-order valence-corrected chi connectivity index (χ3v) is 4.83. The summed E-state index contributed by atoms with van der Waals surface area (Å²) in [5, 5.41) is 15.0. The molecule has 22 heavy (non-hydrogen) atoms. The maximum absolute atomic E-state index is 11.7. The minimum atomic E-state index is 0.0499. The third kappa shape index (κ3) is 6.03. The SMILES string of the molecule is CCCCCNC(=O)CSc1nnc(Nc2ccccc2)s1. The smallest absolute Gasteiger partial charge is 0.230 e. The Balaban J connectivity index is 1.72. The van der Waals surface area contributed by atoms with Crippen molar-refractivity contribution in [1.82, 2.24) is 15.5 Å². The van der Waals surface area contributed by atoms with Crippen LogP contribution in [0.15, 0.2) is 34.7 Å². The molecule has 0 atom stereocenters. The average molecular weight is 336 g/mol. The molecule has 2 N–H and O–H groups in total. The number of nitrogens with one attached hydrogen (secondary N) is 2. The lowest BCUT2D eigenvalue weighted by molar-refractivity contribution is -0.118. The molecule has 0 radical (unpaired) electrons. The standard InChI is InChI=1S/C15H20N4OS2/c1-2-3-7-10-16-13(20)11-21-15-19-18-14(22-15)17-12-8-5-4-6-9-12/h4-6,8-9H,2-3,7,10-11H2,1H3,(H,16,20)(H,17,18). The van der Waals surface area contributed by atoms with Gasteiger partial charge in [0, 0.05) is 12.2 Å². The van der Waals surface area contributed by atoms with Gasteiger partial charge in [-0.05, 0) is 18.6 Å². The second-order valence-electron chi connectivity index (χ2n) is 4.71. The van der Waals surface area contributed by atoms with Gasteiger partial charge in [0.05, 0.1) is 5.75 Å². The first-order valence-electron chi connectivity index (χ1n) is 7.33. The predicted molar refractivity (Wildman–Crippen MR) is 92.9 cm³/mol. The zero-order valence-electron chi connectivity index (χ0n) is 12.5. The van der Waals surface area contributed by atoms with Crippen molar-refractivity contribution in [3.63, 3.8) is 0 Å². The summed E-state index contributed by atoms with van der Waals surface area (Å²) in [7, 11) is 0. The number of benzene rings is 1. The summed E-state index contributed by atoms with van der Waals surface area (Å²) in [6, 6.07) is 9.82. The lowest BCUT2D eigenvalue weighted by Crippen LogP contribution is -2.26. The fraction of sp³-hybridized carbons (Fsp3) is 0.400. The van der Waals surface area contributed by atoms with Crippen LogP contribution in [0.1, 0.15) is 26.2 Å². The third-order valence-electron chi connectivity index (χ3n) is 2.86. The molecule has 1 aromatic heterocycles. The quantitative estimate of drug-likeness (QED) is 0.540. The van der Waals surface area contributed by atoms with Crippen molar-refractivity contribution in [3.05, 3.63) is 30.3 Å². The molecule has 2 aromatic rings. The van der Waals surface area contributed by atoms with Crippen LogP contribution in [-0.2, 0) is 4.79 Å². The van der Waals surface area contributed by atoms with Gasteiger partial charge >= 0.3 is 0 Å². The highest BCUT2D eigenvalue weighted by Gasteiger charge is 2.08. The molecular formula is C15H20N4OS2. The van der Waals surface area contributed by atoms with Crippen LogP contribution in [0.3, 0.4) is 0 Å². The number of thioether (sulfide) groups is 1. The number of hydrogen-bond acceptors (Lipinski definition) is 6. The molecule has 1 aromatic carbocycles. The molecule has 7 heteroatoms. The zero-order chi connectivity index (χ0) is 15.6. The Morgan fingerprint density at radius 3 is 2.82 bits per heavy atom. The Hall–Kier alpha value is -1.60. The van der Waals surface area contributed by atoms with Gasteiger partial charge in [-0.15, -0.1) is 10.2 Å². The topological polar surface area (TPSA) is 66.9 Å². The molecular weight excluding hydrogens is 316 g/mol. The van der Waals surface area contributed by atoms with Crippen molar-refractivity contribution in [2.75, 3.05) is 17.6 Å². The minimum Gasteiger partial charge on any atom is -0.355 e. The van der Waals surface area contributed by atoms with Gasteiger partial charge in [-0.25, -0.2) is 0 Å². The van der Waals surface area contributed by atoms with Crippen LogP contribution in [0.25, 0.3) is 0 Å². The monoisotopic (exact) mass is 336 g/mol. The number of carbonyl (C=O) groups excluding carboxylic acids is 1. The van der Waals surface area contributed by atoms with Gasteiger partial charge in [0.2, 0.25) is 11.0 Å². The van der Waals surface area contributed by atoms with Crippen LogP contribution in [0.2, 0.25) is 0 Å². The highest BCUT2D eigenvalue weighted by atomic mass is 32.2. The maximum atomic E-state index is 11.7. The van der Waals surface area contributed by atoms with Crippen LogP contribution >= 0.6 is 23.1 Å². The first kappa shape index (κ1) is 16.8. The Morgan fingerprint density at radius 2 is 2.05 bits per heavy atom. The van der Waals surface area contributed by atoms with E-state index in [0.717, 1.165) is 41.0 Å². The van der Waals surface area contributed by atoms with E-state index in [2.05, 4.69) is 27.8 Å². The number of unbranched alkanes of at least 4 members (excludes halogenated alkanes) is 2. The van der Waals surface area contributed by atoms with E-state index in [1.165, 1.54) is 23.1 Å². The summed E-state index contributed by atoms with van der Waals surface area (Å²) in [5.74, 6) is 0.431. The summed E-state index contributed by atoms with van der Waals surface area (Å²) in [5.41, 5.74) is 0.976. The number of amides is 1. The summed E-state index contributed by atoms with van der Waals surface area (Å²) in [4.78, 5) is 11.7. The van der Waals surface area contributed by atoms with Crippen molar-refractivity contribution < 1.29 is 4.79 Å². The molecule has 0 unspecified atom stereocenters. The lowest BCUT2D eigenvalue weighted by atomic mass is 10.2. The van der Waals surface area contributed by atoms with Crippen molar-refractivity contribution in [2.24, 2.45) is 0 Å². The normalized spacial score (nSPS) is 10.4. The first-order valence-corrected chi connectivity index (χ1v) is 9.13. The van der Waals surface area contributed by atoms with E-state index in [9.17, 15) is 4.79 Å². The number of nitrogens with zero attached hydrogens (tertiary/aromatic N) is 2. The lowest BCUT2D eigenvalue weighted by Gasteiger charge is -2.02. The van der Waals surface area contributed by atoms with E-state index in [1.807, 2.05) is 30.3 Å². The Morgan fingerprint density at radius 1 is 1.23 bits per heavy atom. The molecule has 0 fully saturated rings. The Bertz CT molecular complexity index is 574. The van der Waals surface area contributed by atoms with Crippen molar-refractivity contribution in [2.45, 2.75) is 30.5 Å². The molecule has 0 saturated carbocycles. The van der Waals surface area contributed by atoms with E-state index in [4.69, 9.17) is 0 Å². The molecule has 1 heterocycles. The molecule has 0 aliphatic heterocycles. The summed E-state index contributed by atoms with van der Waals surface area (Å²) in [6.07, 6.45) is 3.35. The first-order chi connectivity index (χ1) is 10.8. The minimum absolute atomic E-state index is 0.0499. The Labute approximate surface area is 138 Å². The molecule has 0 bridgehead atoms. The molecule has 118 valence electrons. The van der Waals surface area contributed by atoms with E-state index in [-0.39, 0.29) is 5.91 Å². The molecule has 2 rings (SSSR count). The fourth-order valence-corrected chi connectivity index (χ4v) is 3.35. The summed E-state index contributed by atoms with van der Waals surface area (Å²) in [6.45, 7) is 2.90. The molecule has 0 saturated heterocycles. The van der Waals surface area contributed by atoms with E-state index in [0.29, 0.717) is 5.75 Å². The number of anilines is 2. The highest BCUT2D eigenvalue weighted by molar-refractivity contribution is 8.01. The van der Waals surface area contributed by atoms with E-state index in [1.54, 1.807) is 0 Å². The molecule has 0 aliphatic rings. The van der Waals surface area contributed by atoms with Gasteiger partial charge in [0.25, 0.3) is 0 Å². The predicted octanol–water partition coefficient (Wildman–Crippen LogP) is 3.68. The summed E-state index contributed by atoms with van der Waals surface area (Å²) >= 11 is 2.87. The second-order valence-corrected chi connectivity index (χ2v) is 6.91. The molecule has 0 aliphatic carbocycles. The summed E-state index contributed by atoms with van der Waals surface area (Å²) < 4.78 is 0.794. The number of carbonyl (C=O) groups is 1.